The monoisotopic (exact) mass is 391 g/mol. The van der Waals surface area contributed by atoms with E-state index in [1.165, 1.54) is 11.1 Å². The zero-order valence-corrected chi connectivity index (χ0v) is 16.5. The summed E-state index contributed by atoms with van der Waals surface area (Å²) in [5.74, 6) is -0.735. The van der Waals surface area contributed by atoms with E-state index in [0.29, 0.717) is 18.5 Å². The Kier molecular flexibility index (Phi) is 5.09. The van der Waals surface area contributed by atoms with Crippen molar-refractivity contribution in [2.75, 3.05) is 11.9 Å². The van der Waals surface area contributed by atoms with E-state index in [1.54, 1.807) is 6.92 Å². The molecule has 0 unspecified atom stereocenters. The van der Waals surface area contributed by atoms with Gasteiger partial charge in [-0.2, -0.15) is 0 Å². The number of hydrogen-bond acceptors (Lipinski definition) is 3. The van der Waals surface area contributed by atoms with Gasteiger partial charge in [-0.1, -0.05) is 36.4 Å². The lowest BCUT2D eigenvalue weighted by Gasteiger charge is -2.21. The van der Waals surface area contributed by atoms with Crippen LogP contribution in [0.15, 0.2) is 48.5 Å². The van der Waals surface area contributed by atoms with Crippen molar-refractivity contribution in [1.29, 1.82) is 0 Å². The third-order valence-corrected chi connectivity index (χ3v) is 5.79. The summed E-state index contributed by atoms with van der Waals surface area (Å²) >= 11 is 0. The van der Waals surface area contributed by atoms with Gasteiger partial charge in [-0.25, -0.2) is 4.79 Å². The van der Waals surface area contributed by atoms with Gasteiger partial charge in [0.2, 0.25) is 5.91 Å². The van der Waals surface area contributed by atoms with Gasteiger partial charge in [0.1, 0.15) is 12.1 Å². The first kappa shape index (κ1) is 19.2. The first-order valence-electron chi connectivity index (χ1n) is 10.0. The molecule has 1 saturated heterocycles. The van der Waals surface area contributed by atoms with Gasteiger partial charge < -0.3 is 10.6 Å². The Bertz CT molecular complexity index is 957. The Morgan fingerprint density at radius 3 is 2.66 bits per heavy atom. The number of urea groups is 1. The summed E-state index contributed by atoms with van der Waals surface area (Å²) in [5.41, 5.74) is 3.39. The molecule has 1 aliphatic carbocycles. The van der Waals surface area contributed by atoms with Crippen LogP contribution < -0.4 is 10.6 Å². The second-order valence-corrected chi connectivity index (χ2v) is 8.02. The number of benzene rings is 2. The molecule has 2 aromatic rings. The fourth-order valence-electron chi connectivity index (χ4n) is 4.09. The Morgan fingerprint density at radius 1 is 1.10 bits per heavy atom. The lowest BCUT2D eigenvalue weighted by molar-refractivity contribution is -0.133. The topological polar surface area (TPSA) is 78.5 Å². The standard InChI is InChI=1S/C23H25N3O3/c1-23(13-12-16-6-3-2-4-7-16)21(28)26(22(29)25-23)15-20(27)24-19-11-10-17-8-5-9-18(17)14-19/h2-4,6-7,10-11,14H,5,8-9,12-13,15H2,1H3,(H,24,27)(H,25,29)/t23-/m0/s1. The highest BCUT2D eigenvalue weighted by Gasteiger charge is 2.47. The highest BCUT2D eigenvalue weighted by Crippen LogP contribution is 2.26. The molecule has 0 bridgehead atoms. The predicted molar refractivity (Wildman–Crippen MR) is 111 cm³/mol. The van der Waals surface area contributed by atoms with Gasteiger partial charge >= 0.3 is 6.03 Å². The first-order valence-corrected chi connectivity index (χ1v) is 10.0. The Morgan fingerprint density at radius 2 is 1.86 bits per heavy atom. The van der Waals surface area contributed by atoms with Crippen molar-refractivity contribution in [2.24, 2.45) is 0 Å². The van der Waals surface area contributed by atoms with Crippen LogP contribution in [0.2, 0.25) is 0 Å². The van der Waals surface area contributed by atoms with Crippen molar-refractivity contribution in [3.63, 3.8) is 0 Å². The number of hydrogen-bond donors (Lipinski definition) is 2. The van der Waals surface area contributed by atoms with E-state index in [-0.39, 0.29) is 18.4 Å². The fraction of sp³-hybridized carbons (Fsp3) is 0.348. The maximum absolute atomic E-state index is 12.9. The molecular weight excluding hydrogens is 366 g/mol. The van der Waals surface area contributed by atoms with E-state index in [1.807, 2.05) is 48.5 Å². The highest BCUT2D eigenvalue weighted by molar-refractivity contribution is 6.09. The molecule has 1 aliphatic heterocycles. The molecule has 0 saturated carbocycles. The number of carbonyl (C=O) groups is 3. The first-order chi connectivity index (χ1) is 13.9. The number of nitrogens with zero attached hydrogens (tertiary/aromatic N) is 1. The third kappa shape index (κ3) is 4.01. The zero-order chi connectivity index (χ0) is 20.4. The number of imide groups is 1. The second-order valence-electron chi connectivity index (χ2n) is 8.02. The minimum Gasteiger partial charge on any atom is -0.325 e. The normalized spacial score (nSPS) is 20.5. The molecule has 4 rings (SSSR count). The molecule has 4 amide bonds. The molecule has 29 heavy (non-hydrogen) atoms. The summed E-state index contributed by atoms with van der Waals surface area (Å²) < 4.78 is 0. The molecule has 2 aliphatic rings. The van der Waals surface area contributed by atoms with Gasteiger partial charge in [0.25, 0.3) is 5.91 Å². The van der Waals surface area contributed by atoms with Crippen LogP contribution in [0.1, 0.15) is 36.5 Å². The van der Waals surface area contributed by atoms with Crippen LogP contribution in [0.5, 0.6) is 0 Å². The van der Waals surface area contributed by atoms with E-state index in [9.17, 15) is 14.4 Å². The van der Waals surface area contributed by atoms with Crippen LogP contribution in [0, 0.1) is 0 Å². The minimum atomic E-state index is -0.999. The van der Waals surface area contributed by atoms with Crippen molar-refractivity contribution in [1.82, 2.24) is 10.2 Å². The van der Waals surface area contributed by atoms with E-state index < -0.39 is 11.6 Å². The SMILES string of the molecule is C[C@@]1(CCc2ccccc2)NC(=O)N(CC(=O)Nc2ccc3c(c2)CCC3)C1=O. The van der Waals surface area contributed by atoms with E-state index in [0.717, 1.165) is 29.7 Å². The van der Waals surface area contributed by atoms with Crippen LogP contribution in [0.25, 0.3) is 0 Å². The van der Waals surface area contributed by atoms with Crippen LogP contribution in [-0.2, 0) is 28.9 Å². The molecule has 150 valence electrons. The average molecular weight is 391 g/mol. The third-order valence-electron chi connectivity index (χ3n) is 5.79. The summed E-state index contributed by atoms with van der Waals surface area (Å²) in [4.78, 5) is 38.7. The van der Waals surface area contributed by atoms with Gasteiger partial charge in [-0.3, -0.25) is 14.5 Å². The van der Waals surface area contributed by atoms with E-state index >= 15 is 0 Å². The summed E-state index contributed by atoms with van der Waals surface area (Å²) in [5, 5.41) is 5.57. The highest BCUT2D eigenvalue weighted by atomic mass is 16.2. The Labute approximate surface area is 170 Å². The largest absolute Gasteiger partial charge is 0.325 e. The molecule has 6 heteroatoms. The number of amides is 4. The quantitative estimate of drug-likeness (QED) is 0.743. The van der Waals surface area contributed by atoms with Gasteiger partial charge in [0.15, 0.2) is 0 Å². The summed E-state index contributed by atoms with van der Waals surface area (Å²) in [6.07, 6.45) is 4.37. The van der Waals surface area contributed by atoms with Crippen molar-refractivity contribution in [3.8, 4) is 0 Å². The molecule has 1 heterocycles. The molecule has 2 N–H and O–H groups in total. The molecule has 0 aromatic heterocycles. The van der Waals surface area contributed by atoms with Crippen molar-refractivity contribution in [3.05, 3.63) is 65.2 Å². The van der Waals surface area contributed by atoms with Crippen LogP contribution >= 0.6 is 0 Å². The molecule has 2 aromatic carbocycles. The van der Waals surface area contributed by atoms with Crippen molar-refractivity contribution in [2.45, 2.75) is 44.6 Å². The van der Waals surface area contributed by atoms with Gasteiger partial charge in [-0.15, -0.1) is 0 Å². The smallest absolute Gasteiger partial charge is 0.325 e. The summed E-state index contributed by atoms with van der Waals surface area (Å²) in [6.45, 7) is 1.43. The zero-order valence-electron chi connectivity index (χ0n) is 16.5. The predicted octanol–water partition coefficient (Wildman–Crippen LogP) is 3.06. The number of fused-ring (bicyclic) bond motifs is 1. The van der Waals surface area contributed by atoms with Crippen LogP contribution in [0.4, 0.5) is 10.5 Å². The lowest BCUT2D eigenvalue weighted by atomic mass is 9.93. The molecule has 6 nitrogen and oxygen atoms in total. The number of anilines is 1. The fourth-order valence-corrected chi connectivity index (χ4v) is 4.09. The minimum absolute atomic E-state index is 0.289. The van der Waals surface area contributed by atoms with E-state index in [4.69, 9.17) is 0 Å². The van der Waals surface area contributed by atoms with Crippen molar-refractivity contribution < 1.29 is 14.4 Å². The molecular formula is C23H25N3O3. The molecule has 1 fully saturated rings. The van der Waals surface area contributed by atoms with Gasteiger partial charge in [0, 0.05) is 5.69 Å². The number of carbonyl (C=O) groups excluding carboxylic acids is 3. The van der Waals surface area contributed by atoms with Gasteiger partial charge in [0.05, 0.1) is 0 Å². The van der Waals surface area contributed by atoms with Crippen LogP contribution in [0.3, 0.4) is 0 Å². The number of aryl methyl sites for hydroxylation is 3. The second kappa shape index (κ2) is 7.70. The number of nitrogens with one attached hydrogen (secondary N) is 2. The molecule has 1 atom stereocenters. The summed E-state index contributed by atoms with van der Waals surface area (Å²) in [6, 6.07) is 15.2. The maximum Gasteiger partial charge on any atom is 0.325 e. The maximum atomic E-state index is 12.9. The lowest BCUT2D eigenvalue weighted by Crippen LogP contribution is -2.45. The van der Waals surface area contributed by atoms with Gasteiger partial charge in [-0.05, 0) is 67.9 Å². The Hall–Kier alpha value is -3.15. The Balaban J connectivity index is 1.37. The van der Waals surface area contributed by atoms with Crippen molar-refractivity contribution >= 4 is 23.5 Å². The molecule has 0 spiro atoms. The molecule has 0 radical (unpaired) electrons. The average Bonchev–Trinajstić information content (AvgIpc) is 3.25. The number of rotatable bonds is 6. The summed E-state index contributed by atoms with van der Waals surface area (Å²) in [7, 11) is 0. The van der Waals surface area contributed by atoms with Crippen LogP contribution in [-0.4, -0.2) is 34.8 Å². The van der Waals surface area contributed by atoms with E-state index in [2.05, 4.69) is 10.6 Å².